The summed E-state index contributed by atoms with van der Waals surface area (Å²) >= 11 is 5.88. The lowest BCUT2D eigenvalue weighted by atomic mass is 9.74. The summed E-state index contributed by atoms with van der Waals surface area (Å²) in [5, 5.41) is 22.7. The topological polar surface area (TPSA) is 86.6 Å². The van der Waals surface area contributed by atoms with E-state index in [0.717, 1.165) is 18.4 Å². The molecule has 1 amide bonds. The summed E-state index contributed by atoms with van der Waals surface area (Å²) in [5.41, 5.74) is 0.00156. The molecule has 1 unspecified atom stereocenters. The number of carbonyl (C=O) groups is 2. The monoisotopic (exact) mass is 367 g/mol. The number of nitrogens with one attached hydrogen (secondary N) is 1. The fourth-order valence-corrected chi connectivity index (χ4v) is 3.60. The highest BCUT2D eigenvalue weighted by Gasteiger charge is 2.34. The Hall–Kier alpha value is -1.59. The van der Waals surface area contributed by atoms with Crippen LogP contribution in [0.25, 0.3) is 0 Å². The van der Waals surface area contributed by atoms with Gasteiger partial charge in [-0.05, 0) is 63.1 Å². The molecule has 6 heteroatoms. The summed E-state index contributed by atoms with van der Waals surface area (Å²) in [5.74, 6) is -1.02. The van der Waals surface area contributed by atoms with Crippen molar-refractivity contribution in [1.29, 1.82) is 0 Å². The highest BCUT2D eigenvalue weighted by atomic mass is 35.5. The van der Waals surface area contributed by atoms with E-state index < -0.39 is 17.6 Å². The van der Waals surface area contributed by atoms with Gasteiger partial charge >= 0.3 is 5.97 Å². The van der Waals surface area contributed by atoms with Crippen LogP contribution in [0.3, 0.4) is 0 Å². The average molecular weight is 368 g/mol. The van der Waals surface area contributed by atoms with Crippen LogP contribution in [0.5, 0.6) is 0 Å². The highest BCUT2D eigenvalue weighted by molar-refractivity contribution is 6.30. The van der Waals surface area contributed by atoms with E-state index in [1.807, 2.05) is 13.8 Å². The predicted molar refractivity (Wildman–Crippen MR) is 96.3 cm³/mol. The lowest BCUT2D eigenvalue weighted by Crippen LogP contribution is -2.40. The summed E-state index contributed by atoms with van der Waals surface area (Å²) < 4.78 is 0. The van der Waals surface area contributed by atoms with Crippen molar-refractivity contribution >= 4 is 23.5 Å². The first kappa shape index (κ1) is 19.7. The van der Waals surface area contributed by atoms with Crippen molar-refractivity contribution in [3.05, 3.63) is 34.9 Å². The molecule has 1 saturated carbocycles. The molecule has 1 atom stereocenters. The minimum Gasteiger partial charge on any atom is -0.481 e. The first-order chi connectivity index (χ1) is 11.7. The number of carboxylic acid groups (broad SMARTS) is 1. The Balaban J connectivity index is 2.00. The summed E-state index contributed by atoms with van der Waals surface area (Å²) in [7, 11) is 0. The molecular formula is C19H26ClNO4. The van der Waals surface area contributed by atoms with Gasteiger partial charge in [0.15, 0.2) is 0 Å². The normalized spacial score (nSPS) is 22.2. The molecule has 1 aliphatic carbocycles. The van der Waals surface area contributed by atoms with Crippen molar-refractivity contribution in [2.75, 3.05) is 0 Å². The third-order valence-corrected chi connectivity index (χ3v) is 5.32. The number of aliphatic hydroxyl groups is 1. The number of halogens is 1. The second-order valence-corrected chi connectivity index (χ2v) is 7.85. The summed E-state index contributed by atoms with van der Waals surface area (Å²) in [6.45, 7) is 3.61. The van der Waals surface area contributed by atoms with Gasteiger partial charge in [0.1, 0.15) is 0 Å². The van der Waals surface area contributed by atoms with Crippen LogP contribution in [0.1, 0.15) is 57.6 Å². The number of amides is 1. The van der Waals surface area contributed by atoms with Crippen LogP contribution in [-0.4, -0.2) is 27.7 Å². The maximum atomic E-state index is 12.6. The fourth-order valence-electron chi connectivity index (χ4n) is 3.47. The van der Waals surface area contributed by atoms with Crippen LogP contribution in [-0.2, 0) is 9.59 Å². The zero-order valence-corrected chi connectivity index (χ0v) is 15.4. The van der Waals surface area contributed by atoms with E-state index in [2.05, 4.69) is 5.32 Å². The SMILES string of the molecule is CC(C)(O)C1CCC(C(=O)NC(CC(=O)O)c2ccc(Cl)cc2)CC1. The molecule has 0 aliphatic heterocycles. The Kier molecular flexibility index (Phi) is 6.47. The molecule has 0 saturated heterocycles. The molecular weight excluding hydrogens is 342 g/mol. The van der Waals surface area contributed by atoms with Crippen molar-refractivity contribution in [3.63, 3.8) is 0 Å². The van der Waals surface area contributed by atoms with Crippen molar-refractivity contribution in [3.8, 4) is 0 Å². The van der Waals surface area contributed by atoms with E-state index >= 15 is 0 Å². The van der Waals surface area contributed by atoms with Crippen molar-refractivity contribution in [2.45, 2.75) is 57.6 Å². The molecule has 1 aromatic rings. The molecule has 1 fully saturated rings. The van der Waals surface area contributed by atoms with Gasteiger partial charge in [0.05, 0.1) is 18.1 Å². The average Bonchev–Trinajstić information content (AvgIpc) is 2.54. The second-order valence-electron chi connectivity index (χ2n) is 7.41. The third-order valence-electron chi connectivity index (χ3n) is 5.06. The largest absolute Gasteiger partial charge is 0.481 e. The van der Waals surface area contributed by atoms with Crippen LogP contribution in [0.4, 0.5) is 0 Å². The van der Waals surface area contributed by atoms with Gasteiger partial charge in [-0.2, -0.15) is 0 Å². The minimum absolute atomic E-state index is 0.115. The number of rotatable bonds is 6. The summed E-state index contributed by atoms with van der Waals surface area (Å²) in [6, 6.07) is 6.27. The second kappa shape index (κ2) is 8.19. The van der Waals surface area contributed by atoms with Crippen LogP contribution >= 0.6 is 11.6 Å². The smallest absolute Gasteiger partial charge is 0.305 e. The first-order valence-corrected chi connectivity index (χ1v) is 9.04. The van der Waals surface area contributed by atoms with E-state index in [0.29, 0.717) is 17.9 Å². The standard InChI is InChI=1S/C19H26ClNO4/c1-19(2,25)14-7-3-13(4-8-14)18(24)21-16(11-17(22)23)12-5-9-15(20)10-6-12/h5-6,9-10,13-14,16,25H,3-4,7-8,11H2,1-2H3,(H,21,24)(H,22,23). The summed E-state index contributed by atoms with van der Waals surface area (Å²) in [6.07, 6.45) is 2.84. The molecule has 2 rings (SSSR count). The maximum absolute atomic E-state index is 12.6. The predicted octanol–water partition coefficient (Wildman–Crippen LogP) is 3.55. The molecule has 1 aromatic carbocycles. The van der Waals surface area contributed by atoms with E-state index in [9.17, 15) is 14.7 Å². The van der Waals surface area contributed by atoms with Crippen LogP contribution < -0.4 is 5.32 Å². The van der Waals surface area contributed by atoms with E-state index in [4.69, 9.17) is 16.7 Å². The van der Waals surface area contributed by atoms with Crippen molar-refractivity contribution < 1.29 is 19.8 Å². The third kappa shape index (κ3) is 5.72. The van der Waals surface area contributed by atoms with Gasteiger partial charge in [0, 0.05) is 10.9 Å². The molecule has 3 N–H and O–H groups in total. The highest BCUT2D eigenvalue weighted by Crippen LogP contribution is 2.35. The number of benzene rings is 1. The Bertz CT molecular complexity index is 601. The van der Waals surface area contributed by atoms with Gasteiger partial charge in [0.2, 0.25) is 5.91 Å². The molecule has 1 aliphatic rings. The lowest BCUT2D eigenvalue weighted by molar-refractivity contribution is -0.138. The van der Waals surface area contributed by atoms with Gasteiger partial charge in [-0.3, -0.25) is 9.59 Å². The van der Waals surface area contributed by atoms with Crippen LogP contribution in [0.2, 0.25) is 5.02 Å². The zero-order valence-electron chi connectivity index (χ0n) is 14.7. The molecule has 0 heterocycles. The Morgan fingerprint density at radius 3 is 2.24 bits per heavy atom. The van der Waals surface area contributed by atoms with E-state index in [1.54, 1.807) is 24.3 Å². The number of carboxylic acids is 1. The van der Waals surface area contributed by atoms with Gasteiger partial charge in [0.25, 0.3) is 0 Å². The van der Waals surface area contributed by atoms with Gasteiger partial charge in [-0.15, -0.1) is 0 Å². The molecule has 0 bridgehead atoms. The number of hydrogen-bond acceptors (Lipinski definition) is 3. The van der Waals surface area contributed by atoms with Gasteiger partial charge < -0.3 is 15.5 Å². The minimum atomic E-state index is -0.967. The Morgan fingerprint density at radius 2 is 1.76 bits per heavy atom. The molecule has 138 valence electrons. The number of carbonyl (C=O) groups excluding carboxylic acids is 1. The fraction of sp³-hybridized carbons (Fsp3) is 0.579. The molecule has 0 radical (unpaired) electrons. The Morgan fingerprint density at radius 1 is 1.20 bits per heavy atom. The number of aliphatic carboxylic acids is 1. The number of hydrogen-bond donors (Lipinski definition) is 3. The molecule has 0 aromatic heterocycles. The molecule has 0 spiro atoms. The zero-order chi connectivity index (χ0) is 18.6. The molecule has 5 nitrogen and oxygen atoms in total. The van der Waals surface area contributed by atoms with Crippen LogP contribution in [0, 0.1) is 11.8 Å². The summed E-state index contributed by atoms with van der Waals surface area (Å²) in [4.78, 5) is 23.7. The quantitative estimate of drug-likeness (QED) is 0.717. The van der Waals surface area contributed by atoms with E-state index in [-0.39, 0.29) is 24.2 Å². The van der Waals surface area contributed by atoms with Crippen molar-refractivity contribution in [2.24, 2.45) is 11.8 Å². The maximum Gasteiger partial charge on any atom is 0.305 e. The first-order valence-electron chi connectivity index (χ1n) is 8.67. The Labute approximate surface area is 153 Å². The van der Waals surface area contributed by atoms with Crippen molar-refractivity contribution in [1.82, 2.24) is 5.32 Å². The molecule has 25 heavy (non-hydrogen) atoms. The van der Waals surface area contributed by atoms with Gasteiger partial charge in [-0.1, -0.05) is 23.7 Å². The lowest BCUT2D eigenvalue weighted by Gasteiger charge is -2.35. The van der Waals surface area contributed by atoms with Gasteiger partial charge in [-0.25, -0.2) is 0 Å². The van der Waals surface area contributed by atoms with E-state index in [1.165, 1.54) is 0 Å². The van der Waals surface area contributed by atoms with Crippen LogP contribution in [0.15, 0.2) is 24.3 Å².